The predicted octanol–water partition coefficient (Wildman–Crippen LogP) is 1.25. The average Bonchev–Trinajstić information content (AvgIpc) is 2.55. The van der Waals surface area contributed by atoms with Crippen LogP contribution in [0.5, 0.6) is 0 Å². The zero-order chi connectivity index (χ0) is 12.5. The summed E-state index contributed by atoms with van der Waals surface area (Å²) in [5, 5.41) is 0.650. The maximum Gasteiger partial charge on any atom is 0.268 e. The Labute approximate surface area is 103 Å². The first-order valence-electron chi connectivity index (χ1n) is 4.90. The van der Waals surface area contributed by atoms with Gasteiger partial charge < -0.3 is 4.55 Å². The fraction of sp³-hybridized carbons (Fsp3) is 0.300. The molecular formula is C10H11NO4S2. The number of aromatic nitrogens is 1. The molecular weight excluding hydrogens is 262 g/mol. The lowest BCUT2D eigenvalue weighted by atomic mass is 10.3. The van der Waals surface area contributed by atoms with E-state index in [1.165, 1.54) is 15.5 Å². The molecule has 5 nitrogen and oxygen atoms in total. The van der Waals surface area contributed by atoms with E-state index in [0.29, 0.717) is 5.39 Å². The molecule has 17 heavy (non-hydrogen) atoms. The Hall–Kier alpha value is -1.02. The zero-order valence-electron chi connectivity index (χ0n) is 9.12. The quantitative estimate of drug-likeness (QED) is 0.786. The molecule has 92 valence electrons. The largest absolute Gasteiger partial charge is 0.586 e. The highest BCUT2D eigenvalue weighted by Crippen LogP contribution is 2.15. The molecule has 2 aromatic rings. The number of fused-ring (bicyclic) bond motifs is 1. The molecule has 1 atom stereocenters. The van der Waals surface area contributed by atoms with Crippen molar-refractivity contribution in [3.05, 3.63) is 34.6 Å². The van der Waals surface area contributed by atoms with Crippen LogP contribution in [0.4, 0.5) is 0 Å². The summed E-state index contributed by atoms with van der Waals surface area (Å²) in [6.07, 6.45) is 0.987. The monoisotopic (exact) mass is 273 g/mol. The van der Waals surface area contributed by atoms with Crippen molar-refractivity contribution in [3.8, 4) is 0 Å². The Morgan fingerprint density at radius 2 is 2.18 bits per heavy atom. The molecule has 0 bridgehead atoms. The van der Waals surface area contributed by atoms with Gasteiger partial charge in [-0.2, -0.15) is 4.18 Å². The van der Waals surface area contributed by atoms with Crippen LogP contribution in [0, 0.1) is 0 Å². The van der Waals surface area contributed by atoms with E-state index in [2.05, 4.69) is 4.18 Å². The van der Waals surface area contributed by atoms with E-state index < -0.39 is 10.5 Å². The molecule has 1 aromatic heterocycles. The average molecular weight is 273 g/mol. The second-order valence-electron chi connectivity index (χ2n) is 3.52. The summed E-state index contributed by atoms with van der Waals surface area (Å²) < 4.78 is 28.5. The minimum atomic E-state index is -3.45. The summed E-state index contributed by atoms with van der Waals surface area (Å²) in [4.78, 5) is 11.9. The molecule has 0 radical (unpaired) electrons. The third kappa shape index (κ3) is 3.01. The minimum absolute atomic E-state index is 0.0223. The van der Waals surface area contributed by atoms with Crippen LogP contribution in [0.15, 0.2) is 29.1 Å². The Morgan fingerprint density at radius 3 is 2.82 bits per heavy atom. The Bertz CT molecular complexity index is 625. The van der Waals surface area contributed by atoms with Crippen LogP contribution in [-0.2, 0) is 25.4 Å². The van der Waals surface area contributed by atoms with Crippen LogP contribution >= 0.6 is 11.5 Å². The van der Waals surface area contributed by atoms with E-state index in [1.54, 1.807) is 12.1 Å². The highest BCUT2D eigenvalue weighted by molar-refractivity contribution is 7.92. The topological polar surface area (TPSA) is 71.4 Å². The first-order chi connectivity index (χ1) is 7.97. The van der Waals surface area contributed by atoms with Gasteiger partial charge in [0.15, 0.2) is 10.5 Å². The summed E-state index contributed by atoms with van der Waals surface area (Å²) >= 11 is 1.30. The van der Waals surface area contributed by atoms with Crippen molar-refractivity contribution < 1.29 is 12.9 Å². The lowest BCUT2D eigenvalue weighted by molar-refractivity contribution is 0.267. The highest BCUT2D eigenvalue weighted by Gasteiger charge is 2.10. The molecule has 0 saturated heterocycles. The molecule has 1 heterocycles. The van der Waals surface area contributed by atoms with Crippen molar-refractivity contribution in [1.29, 1.82) is 0 Å². The van der Waals surface area contributed by atoms with Crippen molar-refractivity contribution >= 4 is 32.1 Å². The molecule has 0 aliphatic carbocycles. The molecule has 0 N–H and O–H groups in total. The van der Waals surface area contributed by atoms with Gasteiger partial charge in [0.25, 0.3) is 5.56 Å². The Morgan fingerprint density at radius 1 is 1.47 bits per heavy atom. The smallest absolute Gasteiger partial charge is 0.268 e. The number of hydrogen-bond donors (Lipinski definition) is 0. The first kappa shape index (κ1) is 12.4. The van der Waals surface area contributed by atoms with Crippen molar-refractivity contribution in [1.82, 2.24) is 3.96 Å². The van der Waals surface area contributed by atoms with Gasteiger partial charge in [0, 0.05) is 0 Å². The van der Waals surface area contributed by atoms with Crippen LogP contribution in [0.2, 0.25) is 0 Å². The van der Waals surface area contributed by atoms with Gasteiger partial charge in [-0.3, -0.25) is 8.75 Å². The first-order valence-corrected chi connectivity index (χ1v) is 7.49. The van der Waals surface area contributed by atoms with Crippen molar-refractivity contribution in [2.24, 2.45) is 0 Å². The molecule has 0 saturated carbocycles. The molecule has 0 aliphatic rings. The summed E-state index contributed by atoms with van der Waals surface area (Å²) in [5.41, 5.74) is -0.109. The number of nitrogens with zero attached hydrogens (tertiary/aromatic N) is 1. The van der Waals surface area contributed by atoms with Crippen LogP contribution in [-0.4, -0.2) is 21.4 Å². The number of benzene rings is 1. The van der Waals surface area contributed by atoms with Gasteiger partial charge in [-0.15, -0.1) is 0 Å². The van der Waals surface area contributed by atoms with Gasteiger partial charge in [0.05, 0.1) is 16.6 Å². The SMILES string of the molecule is C[S+](=O)([O-])OCCn1sc2ccccc2c1=O. The zero-order valence-corrected chi connectivity index (χ0v) is 10.8. The summed E-state index contributed by atoms with van der Waals surface area (Å²) in [7, 11) is -3.45. The van der Waals surface area contributed by atoms with Crippen LogP contribution in [0.1, 0.15) is 0 Å². The Kier molecular flexibility index (Phi) is 3.43. The lowest BCUT2D eigenvalue weighted by Gasteiger charge is -2.07. The van der Waals surface area contributed by atoms with Crippen LogP contribution in [0.3, 0.4) is 0 Å². The van der Waals surface area contributed by atoms with Gasteiger partial charge >= 0.3 is 0 Å². The molecule has 7 heteroatoms. The molecule has 0 amide bonds. The maximum atomic E-state index is 11.9. The second kappa shape index (κ2) is 4.69. The van der Waals surface area contributed by atoms with E-state index in [-0.39, 0.29) is 18.7 Å². The van der Waals surface area contributed by atoms with Gasteiger partial charge in [-0.05, 0) is 12.1 Å². The second-order valence-corrected chi connectivity index (χ2v) is 6.23. The summed E-state index contributed by atoms with van der Waals surface area (Å²) in [6.45, 7) is 0.219. The summed E-state index contributed by atoms with van der Waals surface area (Å²) in [5.74, 6) is 0. The van der Waals surface area contributed by atoms with Gasteiger partial charge in [0.1, 0.15) is 12.9 Å². The summed E-state index contributed by atoms with van der Waals surface area (Å²) in [6, 6.07) is 7.26. The van der Waals surface area contributed by atoms with Crippen molar-refractivity contribution in [3.63, 3.8) is 0 Å². The van der Waals surface area contributed by atoms with E-state index in [0.717, 1.165) is 11.0 Å². The van der Waals surface area contributed by atoms with Gasteiger partial charge in [0.2, 0.25) is 0 Å². The van der Waals surface area contributed by atoms with Crippen LogP contribution < -0.4 is 5.56 Å². The standard InChI is InChI=1S/C10H11NO4S2/c1-17(13,14)15-7-6-11-10(12)8-4-2-3-5-9(8)16-11/h2-5H,6-7H2,1H3. The van der Waals surface area contributed by atoms with Crippen molar-refractivity contribution in [2.45, 2.75) is 6.54 Å². The maximum absolute atomic E-state index is 11.9. The third-order valence-electron chi connectivity index (χ3n) is 2.14. The normalized spacial score (nSPS) is 14.9. The number of hydrogen-bond acceptors (Lipinski definition) is 5. The van der Waals surface area contributed by atoms with Crippen molar-refractivity contribution in [2.75, 3.05) is 12.9 Å². The van der Waals surface area contributed by atoms with Gasteiger partial charge in [-0.1, -0.05) is 27.9 Å². The molecule has 1 unspecified atom stereocenters. The predicted molar refractivity (Wildman–Crippen MR) is 66.8 cm³/mol. The van der Waals surface area contributed by atoms with Crippen LogP contribution in [0.25, 0.3) is 10.1 Å². The minimum Gasteiger partial charge on any atom is -0.586 e. The molecule has 0 spiro atoms. The van der Waals surface area contributed by atoms with E-state index in [9.17, 15) is 13.6 Å². The third-order valence-corrected chi connectivity index (χ3v) is 3.86. The lowest BCUT2D eigenvalue weighted by Crippen LogP contribution is -2.19. The van der Waals surface area contributed by atoms with E-state index in [4.69, 9.17) is 0 Å². The Balaban J connectivity index is 2.17. The highest BCUT2D eigenvalue weighted by atomic mass is 32.3. The number of rotatable bonds is 4. The molecule has 0 aliphatic heterocycles. The molecule has 0 fully saturated rings. The molecule has 2 rings (SSSR count). The fourth-order valence-electron chi connectivity index (χ4n) is 1.44. The fourth-order valence-corrected chi connectivity index (χ4v) is 2.79. The van der Waals surface area contributed by atoms with E-state index in [1.807, 2.05) is 12.1 Å². The van der Waals surface area contributed by atoms with Gasteiger partial charge in [-0.25, -0.2) is 0 Å². The van der Waals surface area contributed by atoms with E-state index >= 15 is 0 Å². The molecule has 1 aromatic carbocycles.